The predicted octanol–water partition coefficient (Wildman–Crippen LogP) is 5.56. The van der Waals surface area contributed by atoms with Crippen LogP contribution >= 0.6 is 11.8 Å². The zero-order chi connectivity index (χ0) is 22.1. The van der Waals surface area contributed by atoms with Gasteiger partial charge in [0.2, 0.25) is 5.91 Å². The summed E-state index contributed by atoms with van der Waals surface area (Å²) in [5.41, 5.74) is 2.72. The van der Waals surface area contributed by atoms with E-state index in [2.05, 4.69) is 24.5 Å². The first kappa shape index (κ1) is 22.4. The molecule has 0 aliphatic carbocycles. The van der Waals surface area contributed by atoms with E-state index in [1.54, 1.807) is 12.1 Å². The van der Waals surface area contributed by atoms with E-state index < -0.39 is 0 Å². The number of anilines is 2. The van der Waals surface area contributed by atoms with E-state index in [1.807, 2.05) is 66.7 Å². The minimum atomic E-state index is -0.230. The van der Waals surface area contributed by atoms with Crippen molar-refractivity contribution in [3.63, 3.8) is 0 Å². The Labute approximate surface area is 187 Å². The van der Waals surface area contributed by atoms with Gasteiger partial charge in [0.25, 0.3) is 5.91 Å². The third kappa shape index (κ3) is 7.50. The van der Waals surface area contributed by atoms with Crippen LogP contribution in [0.1, 0.15) is 25.3 Å². The molecule has 160 valence electrons. The molecule has 0 atom stereocenters. The van der Waals surface area contributed by atoms with Crippen molar-refractivity contribution in [1.29, 1.82) is 0 Å². The van der Waals surface area contributed by atoms with E-state index in [0.717, 1.165) is 10.6 Å². The lowest BCUT2D eigenvalue weighted by Crippen LogP contribution is -2.20. The van der Waals surface area contributed by atoms with Crippen LogP contribution in [-0.4, -0.2) is 24.2 Å². The van der Waals surface area contributed by atoms with Crippen LogP contribution in [0.15, 0.2) is 83.8 Å². The van der Waals surface area contributed by atoms with Gasteiger partial charge in [0, 0.05) is 16.3 Å². The number of benzene rings is 3. The smallest absolute Gasteiger partial charge is 0.262 e. The average molecular weight is 435 g/mol. The van der Waals surface area contributed by atoms with Gasteiger partial charge in [-0.05, 0) is 60.0 Å². The van der Waals surface area contributed by atoms with Gasteiger partial charge in [-0.25, -0.2) is 0 Å². The number of nitrogens with one attached hydrogen (secondary N) is 2. The number of para-hydroxylation sites is 1. The predicted molar refractivity (Wildman–Crippen MR) is 127 cm³/mol. The van der Waals surface area contributed by atoms with Gasteiger partial charge in [0.1, 0.15) is 5.75 Å². The summed E-state index contributed by atoms with van der Waals surface area (Å²) in [5, 5.41) is 5.71. The quantitative estimate of drug-likeness (QED) is 0.433. The van der Waals surface area contributed by atoms with Crippen molar-refractivity contribution in [2.75, 3.05) is 23.0 Å². The Bertz CT molecular complexity index is 988. The van der Waals surface area contributed by atoms with Crippen LogP contribution < -0.4 is 15.4 Å². The topological polar surface area (TPSA) is 67.4 Å². The normalized spacial score (nSPS) is 10.5. The summed E-state index contributed by atoms with van der Waals surface area (Å²) < 4.78 is 5.43. The molecule has 3 aromatic carbocycles. The van der Waals surface area contributed by atoms with Gasteiger partial charge in [-0.15, -0.1) is 11.8 Å². The van der Waals surface area contributed by atoms with E-state index in [1.165, 1.54) is 17.3 Å². The van der Waals surface area contributed by atoms with Crippen molar-refractivity contribution in [2.45, 2.75) is 24.7 Å². The zero-order valence-electron chi connectivity index (χ0n) is 17.6. The van der Waals surface area contributed by atoms with E-state index in [9.17, 15) is 9.59 Å². The van der Waals surface area contributed by atoms with Crippen LogP contribution in [0.5, 0.6) is 5.75 Å². The summed E-state index contributed by atoms with van der Waals surface area (Å²) in [4.78, 5) is 25.2. The highest BCUT2D eigenvalue weighted by molar-refractivity contribution is 8.00. The Balaban J connectivity index is 1.41. The van der Waals surface area contributed by atoms with Crippen LogP contribution in [0.3, 0.4) is 0 Å². The maximum Gasteiger partial charge on any atom is 0.262 e. The van der Waals surface area contributed by atoms with Crippen LogP contribution in [0.4, 0.5) is 11.4 Å². The molecule has 0 heterocycles. The Kier molecular flexibility index (Phi) is 8.12. The van der Waals surface area contributed by atoms with Crippen molar-refractivity contribution in [2.24, 2.45) is 0 Å². The number of ether oxygens (including phenoxy) is 1. The van der Waals surface area contributed by atoms with Crippen LogP contribution in [0.25, 0.3) is 0 Å². The van der Waals surface area contributed by atoms with Gasteiger partial charge in [-0.1, -0.05) is 44.2 Å². The molecule has 0 saturated carbocycles. The molecule has 0 aliphatic heterocycles. The molecule has 2 N–H and O–H groups in total. The molecule has 0 unspecified atom stereocenters. The molecule has 0 aliphatic rings. The molecule has 5 nitrogen and oxygen atoms in total. The van der Waals surface area contributed by atoms with Gasteiger partial charge >= 0.3 is 0 Å². The van der Waals surface area contributed by atoms with Gasteiger partial charge < -0.3 is 15.4 Å². The molecule has 2 amide bonds. The second-order valence-corrected chi connectivity index (χ2v) is 8.34. The van der Waals surface area contributed by atoms with Gasteiger partial charge in [-0.2, -0.15) is 0 Å². The minimum Gasteiger partial charge on any atom is -0.484 e. The molecule has 3 aromatic rings. The number of thioether (sulfide) groups is 1. The fraction of sp³-hybridized carbons (Fsp3) is 0.200. The molecule has 0 aromatic heterocycles. The Hall–Kier alpha value is -3.25. The van der Waals surface area contributed by atoms with E-state index in [-0.39, 0.29) is 18.4 Å². The molecule has 0 saturated heterocycles. The van der Waals surface area contributed by atoms with Crippen molar-refractivity contribution >= 4 is 35.0 Å². The summed E-state index contributed by atoms with van der Waals surface area (Å²) in [7, 11) is 0. The number of carbonyl (C=O) groups is 2. The Morgan fingerprint density at radius 3 is 2.00 bits per heavy atom. The molecule has 0 radical (unpaired) electrons. The fourth-order valence-electron chi connectivity index (χ4n) is 2.79. The molecule has 0 spiro atoms. The summed E-state index contributed by atoms with van der Waals surface area (Å²) in [6.45, 7) is 4.22. The summed E-state index contributed by atoms with van der Waals surface area (Å²) >= 11 is 1.44. The molecule has 31 heavy (non-hydrogen) atoms. The fourth-order valence-corrected chi connectivity index (χ4v) is 3.49. The molecule has 6 heteroatoms. The SMILES string of the molecule is CC(C)c1ccc(NC(=O)CSc2ccc(NC(=O)COc3ccccc3)cc2)cc1. The first-order chi connectivity index (χ1) is 15.0. The molecule has 0 bridgehead atoms. The standard InChI is InChI=1S/C25H26N2O3S/c1-18(2)19-8-10-20(11-9-19)27-25(29)17-31-23-14-12-21(13-15-23)26-24(28)16-30-22-6-4-3-5-7-22/h3-15,18H,16-17H2,1-2H3,(H,26,28)(H,27,29). The lowest BCUT2D eigenvalue weighted by atomic mass is 10.0. The first-order valence-corrected chi connectivity index (χ1v) is 11.1. The number of hydrogen-bond donors (Lipinski definition) is 2. The Morgan fingerprint density at radius 1 is 0.806 bits per heavy atom. The molecular formula is C25H26N2O3S. The van der Waals surface area contributed by atoms with Crippen molar-refractivity contribution in [1.82, 2.24) is 0 Å². The highest BCUT2D eigenvalue weighted by Crippen LogP contribution is 2.21. The molecule has 3 rings (SSSR count). The summed E-state index contributed by atoms with van der Waals surface area (Å²) in [6, 6.07) is 24.5. The number of amides is 2. The minimum absolute atomic E-state index is 0.0567. The molecule has 0 fully saturated rings. The second-order valence-electron chi connectivity index (χ2n) is 7.29. The third-order valence-corrected chi connectivity index (χ3v) is 5.49. The summed E-state index contributed by atoms with van der Waals surface area (Å²) in [5.74, 6) is 1.13. The number of carbonyl (C=O) groups excluding carboxylic acids is 2. The van der Waals surface area contributed by atoms with E-state index in [4.69, 9.17) is 4.74 Å². The first-order valence-electron chi connectivity index (χ1n) is 10.1. The highest BCUT2D eigenvalue weighted by atomic mass is 32.2. The number of hydrogen-bond acceptors (Lipinski definition) is 4. The third-order valence-electron chi connectivity index (χ3n) is 4.48. The van der Waals surface area contributed by atoms with Gasteiger partial charge in [0.15, 0.2) is 6.61 Å². The lowest BCUT2D eigenvalue weighted by molar-refractivity contribution is -0.118. The maximum absolute atomic E-state index is 12.2. The highest BCUT2D eigenvalue weighted by Gasteiger charge is 2.07. The second kappa shape index (κ2) is 11.2. The van der Waals surface area contributed by atoms with Gasteiger partial charge in [0.05, 0.1) is 5.75 Å². The lowest BCUT2D eigenvalue weighted by Gasteiger charge is -2.09. The van der Waals surface area contributed by atoms with Crippen LogP contribution in [0, 0.1) is 0 Å². The monoisotopic (exact) mass is 434 g/mol. The Morgan fingerprint density at radius 2 is 1.39 bits per heavy atom. The van der Waals surface area contributed by atoms with Gasteiger partial charge in [-0.3, -0.25) is 9.59 Å². The zero-order valence-corrected chi connectivity index (χ0v) is 18.4. The van der Waals surface area contributed by atoms with Crippen LogP contribution in [-0.2, 0) is 9.59 Å². The summed E-state index contributed by atoms with van der Waals surface area (Å²) in [6.07, 6.45) is 0. The average Bonchev–Trinajstić information content (AvgIpc) is 2.78. The van der Waals surface area contributed by atoms with E-state index in [0.29, 0.717) is 23.1 Å². The largest absolute Gasteiger partial charge is 0.484 e. The van der Waals surface area contributed by atoms with Crippen molar-refractivity contribution in [3.8, 4) is 5.75 Å². The maximum atomic E-state index is 12.2. The van der Waals surface area contributed by atoms with Crippen molar-refractivity contribution in [3.05, 3.63) is 84.4 Å². The molecular weight excluding hydrogens is 408 g/mol. The van der Waals surface area contributed by atoms with E-state index >= 15 is 0 Å². The van der Waals surface area contributed by atoms with Crippen molar-refractivity contribution < 1.29 is 14.3 Å². The number of rotatable bonds is 9. The van der Waals surface area contributed by atoms with Crippen LogP contribution in [0.2, 0.25) is 0 Å².